The van der Waals surface area contributed by atoms with Gasteiger partial charge in [0, 0.05) is 10.7 Å². The Morgan fingerprint density at radius 1 is 0.970 bits per heavy atom. The Bertz CT molecular complexity index is 1150. The molecule has 7 nitrogen and oxygen atoms in total. The molecule has 0 saturated heterocycles. The van der Waals surface area contributed by atoms with E-state index in [0.29, 0.717) is 41.0 Å². The summed E-state index contributed by atoms with van der Waals surface area (Å²) in [5.41, 5.74) is 5.16. The molecule has 0 spiro atoms. The molecule has 0 bridgehead atoms. The first-order valence-electron chi connectivity index (χ1n) is 10.3. The van der Waals surface area contributed by atoms with Crippen LogP contribution in [0, 0.1) is 6.92 Å². The lowest BCUT2D eigenvalue weighted by atomic mass is 10.2. The Morgan fingerprint density at radius 2 is 1.76 bits per heavy atom. The number of halogens is 1. The zero-order chi connectivity index (χ0) is 23.6. The summed E-state index contributed by atoms with van der Waals surface area (Å²) in [5.74, 6) is -0.579. The number of carbonyl (C=O) groups excluding carboxylic acids is 2. The highest BCUT2D eigenvalue weighted by Crippen LogP contribution is 2.29. The molecule has 33 heavy (non-hydrogen) atoms. The molecule has 0 aliphatic heterocycles. The molecule has 0 saturated carbocycles. The molecular formula is C25H24ClN3O4. The molecule has 3 rings (SSSR count). The van der Waals surface area contributed by atoms with Gasteiger partial charge in [-0.3, -0.25) is 9.59 Å². The Labute approximate surface area is 197 Å². The van der Waals surface area contributed by atoms with E-state index in [9.17, 15) is 9.59 Å². The van der Waals surface area contributed by atoms with Crippen molar-refractivity contribution in [2.75, 3.05) is 11.9 Å². The molecule has 0 unspecified atom stereocenters. The molecule has 0 aliphatic carbocycles. The van der Waals surface area contributed by atoms with Crippen molar-refractivity contribution in [1.82, 2.24) is 5.43 Å². The number of nitrogens with one attached hydrogen (secondary N) is 2. The quantitative estimate of drug-likeness (QED) is 0.286. The third-order valence-electron chi connectivity index (χ3n) is 4.53. The van der Waals surface area contributed by atoms with Crippen molar-refractivity contribution in [3.05, 3.63) is 88.4 Å². The van der Waals surface area contributed by atoms with E-state index in [1.54, 1.807) is 43.3 Å². The largest absolute Gasteiger partial charge is 0.490 e. The normalized spacial score (nSPS) is 10.6. The van der Waals surface area contributed by atoms with Crippen LogP contribution in [-0.4, -0.2) is 24.6 Å². The molecule has 0 heterocycles. The van der Waals surface area contributed by atoms with E-state index in [1.807, 2.05) is 37.3 Å². The third kappa shape index (κ3) is 7.08. The second kappa shape index (κ2) is 11.7. The lowest BCUT2D eigenvalue weighted by Crippen LogP contribution is -2.32. The molecular weight excluding hydrogens is 442 g/mol. The van der Waals surface area contributed by atoms with E-state index >= 15 is 0 Å². The van der Waals surface area contributed by atoms with E-state index in [1.165, 1.54) is 6.21 Å². The number of carbonyl (C=O) groups is 2. The summed E-state index contributed by atoms with van der Waals surface area (Å²) in [6.07, 6.45) is 1.42. The molecule has 0 radical (unpaired) electrons. The summed E-state index contributed by atoms with van der Waals surface area (Å²) in [7, 11) is 0. The molecule has 0 aromatic heterocycles. The minimum Gasteiger partial charge on any atom is -0.490 e. The van der Waals surface area contributed by atoms with Gasteiger partial charge in [0.25, 0.3) is 0 Å². The van der Waals surface area contributed by atoms with Crippen LogP contribution in [-0.2, 0) is 16.2 Å². The van der Waals surface area contributed by atoms with Crippen molar-refractivity contribution in [2.24, 2.45) is 5.10 Å². The maximum atomic E-state index is 12.1. The Balaban J connectivity index is 1.59. The number of aryl methyl sites for hydroxylation is 1. The fourth-order valence-electron chi connectivity index (χ4n) is 2.89. The summed E-state index contributed by atoms with van der Waals surface area (Å²) in [6, 6.07) is 20.1. The fourth-order valence-corrected chi connectivity index (χ4v) is 3.12. The smallest absolute Gasteiger partial charge is 0.329 e. The minimum absolute atomic E-state index is 0.409. The number of hydrogen-bond donors (Lipinski definition) is 2. The molecule has 0 fully saturated rings. The number of amides is 2. The van der Waals surface area contributed by atoms with E-state index in [-0.39, 0.29) is 0 Å². The zero-order valence-corrected chi connectivity index (χ0v) is 19.1. The van der Waals surface area contributed by atoms with Crippen molar-refractivity contribution in [3.8, 4) is 11.5 Å². The highest BCUT2D eigenvalue weighted by atomic mass is 35.5. The average molecular weight is 466 g/mol. The molecule has 3 aromatic carbocycles. The maximum absolute atomic E-state index is 12.1. The monoisotopic (exact) mass is 465 g/mol. The van der Waals surface area contributed by atoms with E-state index in [2.05, 4.69) is 15.8 Å². The summed E-state index contributed by atoms with van der Waals surface area (Å²) in [5, 5.41) is 6.93. The van der Waals surface area contributed by atoms with Crippen molar-refractivity contribution in [3.63, 3.8) is 0 Å². The van der Waals surface area contributed by atoms with Crippen LogP contribution in [0.15, 0.2) is 71.8 Å². The summed E-state index contributed by atoms with van der Waals surface area (Å²) in [6.45, 7) is 4.53. The average Bonchev–Trinajstić information content (AvgIpc) is 2.81. The van der Waals surface area contributed by atoms with Crippen LogP contribution in [0.4, 0.5) is 5.69 Å². The lowest BCUT2D eigenvalue weighted by Gasteiger charge is -2.12. The van der Waals surface area contributed by atoms with Gasteiger partial charge in [0.1, 0.15) is 6.61 Å². The number of rotatable bonds is 8. The van der Waals surface area contributed by atoms with E-state index in [4.69, 9.17) is 21.1 Å². The predicted octanol–water partition coefficient (Wildman–Crippen LogP) is 4.71. The topological polar surface area (TPSA) is 89.0 Å². The first-order chi connectivity index (χ1) is 16.0. The van der Waals surface area contributed by atoms with Crippen LogP contribution < -0.4 is 20.2 Å². The molecule has 3 aromatic rings. The first kappa shape index (κ1) is 23.8. The van der Waals surface area contributed by atoms with Crippen LogP contribution in [0.25, 0.3) is 0 Å². The van der Waals surface area contributed by atoms with Crippen molar-refractivity contribution in [2.45, 2.75) is 20.5 Å². The SMILES string of the molecule is CCOc1cc(C=NNC(=O)C(=O)Nc2ccc(Cl)cc2C)ccc1OCc1ccccc1. The van der Waals surface area contributed by atoms with Gasteiger partial charge in [-0.15, -0.1) is 0 Å². The van der Waals surface area contributed by atoms with Crippen molar-refractivity contribution in [1.29, 1.82) is 0 Å². The predicted molar refractivity (Wildman–Crippen MR) is 129 cm³/mol. The number of nitrogens with zero attached hydrogens (tertiary/aromatic N) is 1. The molecule has 170 valence electrons. The van der Waals surface area contributed by atoms with Gasteiger partial charge in [0.05, 0.1) is 12.8 Å². The van der Waals surface area contributed by atoms with Crippen LogP contribution in [0.2, 0.25) is 5.02 Å². The second-order valence-electron chi connectivity index (χ2n) is 7.03. The third-order valence-corrected chi connectivity index (χ3v) is 4.76. The van der Waals surface area contributed by atoms with Gasteiger partial charge >= 0.3 is 11.8 Å². The van der Waals surface area contributed by atoms with Crippen molar-refractivity contribution < 1.29 is 19.1 Å². The number of hydrogen-bond acceptors (Lipinski definition) is 5. The minimum atomic E-state index is -0.895. The molecule has 0 atom stereocenters. The molecule has 2 amide bonds. The van der Waals surface area contributed by atoms with Gasteiger partial charge in [-0.25, -0.2) is 5.43 Å². The van der Waals surface area contributed by atoms with Gasteiger partial charge in [0.15, 0.2) is 11.5 Å². The van der Waals surface area contributed by atoms with Gasteiger partial charge < -0.3 is 14.8 Å². The van der Waals surface area contributed by atoms with Gasteiger partial charge in [-0.2, -0.15) is 5.10 Å². The Hall–Kier alpha value is -3.84. The summed E-state index contributed by atoms with van der Waals surface area (Å²) < 4.78 is 11.5. The molecule has 8 heteroatoms. The van der Waals surface area contributed by atoms with E-state index < -0.39 is 11.8 Å². The number of anilines is 1. The lowest BCUT2D eigenvalue weighted by molar-refractivity contribution is -0.136. The number of benzene rings is 3. The Kier molecular flexibility index (Phi) is 8.43. The number of hydrazone groups is 1. The highest BCUT2D eigenvalue weighted by Gasteiger charge is 2.14. The second-order valence-corrected chi connectivity index (χ2v) is 7.46. The number of ether oxygens (including phenoxy) is 2. The van der Waals surface area contributed by atoms with Crippen LogP contribution in [0.3, 0.4) is 0 Å². The summed E-state index contributed by atoms with van der Waals surface area (Å²) >= 11 is 5.90. The summed E-state index contributed by atoms with van der Waals surface area (Å²) in [4.78, 5) is 24.1. The van der Waals surface area contributed by atoms with Crippen LogP contribution in [0.1, 0.15) is 23.6 Å². The van der Waals surface area contributed by atoms with Gasteiger partial charge in [-0.1, -0.05) is 41.9 Å². The van der Waals surface area contributed by atoms with Gasteiger partial charge in [-0.05, 0) is 66.9 Å². The Morgan fingerprint density at radius 3 is 2.48 bits per heavy atom. The first-order valence-corrected chi connectivity index (χ1v) is 10.7. The van der Waals surface area contributed by atoms with Crippen molar-refractivity contribution >= 4 is 35.3 Å². The fraction of sp³-hybridized carbons (Fsp3) is 0.160. The molecule has 0 aliphatic rings. The molecule has 2 N–H and O–H groups in total. The van der Waals surface area contributed by atoms with Gasteiger partial charge in [0.2, 0.25) is 0 Å². The maximum Gasteiger partial charge on any atom is 0.329 e. The van der Waals surface area contributed by atoms with Crippen LogP contribution in [0.5, 0.6) is 11.5 Å². The highest BCUT2D eigenvalue weighted by molar-refractivity contribution is 6.39. The van der Waals surface area contributed by atoms with E-state index in [0.717, 1.165) is 11.1 Å². The van der Waals surface area contributed by atoms with Crippen LogP contribution >= 0.6 is 11.6 Å². The standard InChI is InChI=1S/C25H24ClN3O4/c1-3-32-23-14-19(9-12-22(23)33-16-18-7-5-4-6-8-18)15-27-29-25(31)24(30)28-21-11-10-20(26)13-17(21)2/h4-15H,3,16H2,1-2H3,(H,28,30)(H,29,31). The zero-order valence-electron chi connectivity index (χ0n) is 18.3.